The number of nitrogens with two attached hydrogens (primary N) is 1. The molecule has 1 heterocycles. The zero-order chi connectivity index (χ0) is 15.6. The summed E-state index contributed by atoms with van der Waals surface area (Å²) in [5, 5.41) is 4.93. The Balaban J connectivity index is 2.14. The van der Waals surface area contributed by atoms with Gasteiger partial charge in [0, 0.05) is 10.9 Å². The molecule has 0 saturated heterocycles. The summed E-state index contributed by atoms with van der Waals surface area (Å²) >= 11 is 7.02. The molecular weight excluding hydrogens is 313 g/mol. The zero-order valence-electron chi connectivity index (χ0n) is 11.6. The van der Waals surface area contributed by atoms with E-state index in [1.54, 1.807) is 11.4 Å². The lowest BCUT2D eigenvalue weighted by Crippen LogP contribution is -2.39. The number of nitrogens with one attached hydrogen (secondary N) is 1. The molecule has 1 atom stereocenters. The number of hydrogen-bond donors (Lipinski definition) is 2. The van der Waals surface area contributed by atoms with Gasteiger partial charge in [0.1, 0.15) is 5.82 Å². The number of aromatic nitrogens is 1. The summed E-state index contributed by atoms with van der Waals surface area (Å²) < 4.78 is 13.1. The maximum atomic E-state index is 13.1. The van der Waals surface area contributed by atoms with Crippen molar-refractivity contribution in [3.05, 3.63) is 34.4 Å². The predicted octanol–water partition coefficient (Wildman–Crippen LogP) is 3.52. The third-order valence-corrected chi connectivity index (χ3v) is 4.02. The van der Waals surface area contributed by atoms with E-state index < -0.39 is 11.9 Å². The van der Waals surface area contributed by atoms with Crippen molar-refractivity contribution in [1.29, 1.82) is 0 Å². The summed E-state index contributed by atoms with van der Waals surface area (Å²) in [5.41, 5.74) is 7.08. The van der Waals surface area contributed by atoms with Crippen LogP contribution in [0.4, 0.5) is 9.52 Å². The van der Waals surface area contributed by atoms with Crippen molar-refractivity contribution in [2.45, 2.75) is 19.9 Å². The molecule has 0 unspecified atom stereocenters. The van der Waals surface area contributed by atoms with Crippen LogP contribution in [0.15, 0.2) is 23.6 Å². The number of hydrogen-bond acceptors (Lipinski definition) is 4. The van der Waals surface area contributed by atoms with Gasteiger partial charge in [-0.1, -0.05) is 25.4 Å². The molecule has 0 fully saturated rings. The lowest BCUT2D eigenvalue weighted by atomic mass is 10.1. The van der Waals surface area contributed by atoms with Crippen LogP contribution in [0, 0.1) is 11.7 Å². The van der Waals surface area contributed by atoms with E-state index in [-0.39, 0.29) is 16.8 Å². The van der Waals surface area contributed by atoms with Crippen molar-refractivity contribution in [2.75, 3.05) is 5.32 Å². The molecule has 0 radical (unpaired) electrons. The summed E-state index contributed by atoms with van der Waals surface area (Å²) in [6.45, 7) is 3.75. The van der Waals surface area contributed by atoms with Crippen molar-refractivity contribution in [2.24, 2.45) is 11.7 Å². The first kappa shape index (κ1) is 15.9. The quantitative estimate of drug-likeness (QED) is 0.902. The maximum absolute atomic E-state index is 13.1. The molecule has 0 aliphatic carbocycles. The van der Waals surface area contributed by atoms with Crippen molar-refractivity contribution in [1.82, 2.24) is 4.98 Å². The van der Waals surface area contributed by atoms with Gasteiger partial charge < -0.3 is 11.1 Å². The number of carbonyl (C=O) groups is 1. The van der Waals surface area contributed by atoms with Gasteiger partial charge in [-0.05, 0) is 24.1 Å². The minimum atomic E-state index is -0.586. The van der Waals surface area contributed by atoms with E-state index in [2.05, 4.69) is 10.3 Å². The van der Waals surface area contributed by atoms with Gasteiger partial charge in [0.2, 0.25) is 5.91 Å². The largest absolute Gasteiger partial charge is 0.320 e. The Bertz CT molecular complexity index is 659. The van der Waals surface area contributed by atoms with E-state index >= 15 is 0 Å². The average Bonchev–Trinajstić information content (AvgIpc) is 2.89. The third kappa shape index (κ3) is 3.78. The minimum Gasteiger partial charge on any atom is -0.320 e. The Labute approximate surface area is 131 Å². The number of thiazole rings is 1. The highest BCUT2D eigenvalue weighted by Gasteiger charge is 2.18. The molecule has 2 aromatic rings. The molecule has 0 spiro atoms. The lowest BCUT2D eigenvalue weighted by molar-refractivity contribution is -0.118. The molecule has 2 rings (SSSR count). The Morgan fingerprint density at radius 3 is 2.81 bits per heavy atom. The molecule has 0 bridgehead atoms. The molecule has 7 heteroatoms. The van der Waals surface area contributed by atoms with Gasteiger partial charge in [-0.25, -0.2) is 9.37 Å². The molecule has 0 saturated carbocycles. The fourth-order valence-electron chi connectivity index (χ4n) is 1.61. The molecule has 0 aliphatic heterocycles. The number of carbonyl (C=O) groups excluding carboxylic acids is 1. The van der Waals surface area contributed by atoms with Crippen molar-refractivity contribution in [3.8, 4) is 11.3 Å². The summed E-state index contributed by atoms with van der Waals surface area (Å²) in [4.78, 5) is 16.1. The molecule has 3 N–H and O–H groups in total. The Hall–Kier alpha value is -1.50. The van der Waals surface area contributed by atoms with Gasteiger partial charge in [-0.2, -0.15) is 0 Å². The molecule has 21 heavy (non-hydrogen) atoms. The molecule has 1 aromatic heterocycles. The van der Waals surface area contributed by atoms with E-state index in [1.807, 2.05) is 13.8 Å². The smallest absolute Gasteiger partial charge is 0.243 e. The van der Waals surface area contributed by atoms with E-state index in [1.165, 1.54) is 23.5 Å². The van der Waals surface area contributed by atoms with Gasteiger partial charge in [-0.3, -0.25) is 4.79 Å². The van der Waals surface area contributed by atoms with Crippen LogP contribution in [0.5, 0.6) is 0 Å². The first-order valence-corrected chi connectivity index (χ1v) is 7.61. The van der Waals surface area contributed by atoms with Crippen molar-refractivity contribution >= 4 is 34.0 Å². The number of amides is 1. The third-order valence-electron chi connectivity index (χ3n) is 2.97. The average molecular weight is 328 g/mol. The molecule has 1 aromatic carbocycles. The number of anilines is 1. The molecule has 112 valence electrons. The normalized spacial score (nSPS) is 12.5. The predicted molar refractivity (Wildman–Crippen MR) is 84.0 cm³/mol. The van der Waals surface area contributed by atoms with Crippen LogP contribution in [-0.2, 0) is 4.79 Å². The Kier molecular flexibility index (Phi) is 4.92. The first-order chi connectivity index (χ1) is 9.88. The van der Waals surface area contributed by atoms with Crippen LogP contribution in [-0.4, -0.2) is 16.9 Å². The summed E-state index contributed by atoms with van der Waals surface area (Å²) in [7, 11) is 0. The van der Waals surface area contributed by atoms with Crippen LogP contribution in [0.2, 0.25) is 5.02 Å². The molecule has 1 amide bonds. The van der Waals surface area contributed by atoms with Crippen LogP contribution >= 0.6 is 22.9 Å². The fourth-order valence-corrected chi connectivity index (χ4v) is 2.51. The SMILES string of the molecule is CC(C)[C@H](N)C(=O)Nc1nc(-c2ccc(F)c(Cl)c2)cs1. The molecule has 4 nitrogen and oxygen atoms in total. The van der Waals surface area contributed by atoms with E-state index in [4.69, 9.17) is 17.3 Å². The van der Waals surface area contributed by atoms with Gasteiger partial charge in [-0.15, -0.1) is 11.3 Å². The summed E-state index contributed by atoms with van der Waals surface area (Å²) in [5.74, 6) is -0.713. The topological polar surface area (TPSA) is 68.0 Å². The molecule has 0 aliphatic rings. The van der Waals surface area contributed by atoms with Crippen molar-refractivity contribution < 1.29 is 9.18 Å². The molecular formula is C14H15ClFN3OS. The highest BCUT2D eigenvalue weighted by Crippen LogP contribution is 2.28. The lowest BCUT2D eigenvalue weighted by Gasteiger charge is -2.13. The van der Waals surface area contributed by atoms with E-state index in [9.17, 15) is 9.18 Å². The standard InChI is InChI=1S/C14H15ClFN3OS/c1-7(2)12(17)13(20)19-14-18-11(6-21-14)8-3-4-10(16)9(15)5-8/h3-7,12H,17H2,1-2H3,(H,18,19,20)/t12-/m0/s1. The summed E-state index contributed by atoms with van der Waals surface area (Å²) in [6.07, 6.45) is 0. The zero-order valence-corrected chi connectivity index (χ0v) is 13.1. The second kappa shape index (κ2) is 6.51. The number of rotatable bonds is 4. The van der Waals surface area contributed by atoms with E-state index in [0.29, 0.717) is 16.4 Å². The highest BCUT2D eigenvalue weighted by atomic mass is 35.5. The Morgan fingerprint density at radius 2 is 2.19 bits per heavy atom. The van der Waals surface area contributed by atoms with Crippen LogP contribution in [0.1, 0.15) is 13.8 Å². The second-order valence-corrected chi connectivity index (χ2v) is 6.19. The highest BCUT2D eigenvalue weighted by molar-refractivity contribution is 7.14. The van der Waals surface area contributed by atoms with Crippen LogP contribution < -0.4 is 11.1 Å². The number of benzene rings is 1. The van der Waals surface area contributed by atoms with Gasteiger partial charge in [0.05, 0.1) is 16.8 Å². The maximum Gasteiger partial charge on any atom is 0.243 e. The van der Waals surface area contributed by atoms with Crippen LogP contribution in [0.3, 0.4) is 0 Å². The second-order valence-electron chi connectivity index (χ2n) is 4.93. The van der Waals surface area contributed by atoms with Crippen molar-refractivity contribution in [3.63, 3.8) is 0 Å². The number of nitrogens with zero attached hydrogens (tertiary/aromatic N) is 1. The first-order valence-electron chi connectivity index (χ1n) is 6.36. The summed E-state index contributed by atoms with van der Waals surface area (Å²) in [6, 6.07) is 3.78. The van der Waals surface area contributed by atoms with Gasteiger partial charge in [0.25, 0.3) is 0 Å². The van der Waals surface area contributed by atoms with Gasteiger partial charge >= 0.3 is 0 Å². The minimum absolute atomic E-state index is 0.0351. The fraction of sp³-hybridized carbons (Fsp3) is 0.286. The van der Waals surface area contributed by atoms with E-state index in [0.717, 1.165) is 0 Å². The monoisotopic (exact) mass is 327 g/mol. The number of halogens is 2. The Morgan fingerprint density at radius 1 is 1.48 bits per heavy atom. The van der Waals surface area contributed by atoms with Gasteiger partial charge in [0.15, 0.2) is 5.13 Å². The van der Waals surface area contributed by atoms with Crippen LogP contribution in [0.25, 0.3) is 11.3 Å².